The highest BCUT2D eigenvalue weighted by molar-refractivity contribution is 14.1. The minimum atomic E-state index is -1.02. The molecule has 1 aliphatic heterocycles. The van der Waals surface area contributed by atoms with Crippen LogP contribution < -0.4 is 5.32 Å². The monoisotopic (exact) mass is 636 g/mol. The molecule has 1 saturated carbocycles. The van der Waals surface area contributed by atoms with E-state index < -0.39 is 10.8 Å². The highest BCUT2D eigenvalue weighted by atomic mass is 127. The Hall–Kier alpha value is -1.62. The van der Waals surface area contributed by atoms with Gasteiger partial charge in [0.15, 0.2) is 0 Å². The number of nitrogens with zero attached hydrogens (tertiary/aromatic N) is 1. The zero-order valence-corrected chi connectivity index (χ0v) is 24.6. The molecule has 4 rings (SSSR count). The van der Waals surface area contributed by atoms with Crippen LogP contribution in [0.1, 0.15) is 67.7 Å². The molecule has 6 nitrogen and oxygen atoms in total. The van der Waals surface area contributed by atoms with E-state index in [1.807, 2.05) is 42.2 Å². The Labute approximate surface area is 238 Å². The van der Waals surface area contributed by atoms with Crippen molar-refractivity contribution in [3.8, 4) is 0 Å². The fraction of sp³-hybridized carbons (Fsp3) is 0.517. The molecule has 1 saturated heterocycles. The molecule has 0 aromatic heterocycles. The first-order valence-corrected chi connectivity index (χ1v) is 15.0. The van der Waals surface area contributed by atoms with Crippen LogP contribution >= 0.6 is 34.4 Å². The van der Waals surface area contributed by atoms with Gasteiger partial charge in [0.25, 0.3) is 0 Å². The summed E-state index contributed by atoms with van der Waals surface area (Å²) in [6.45, 7) is 3.06. The van der Waals surface area contributed by atoms with E-state index in [0.29, 0.717) is 19.6 Å². The van der Waals surface area contributed by atoms with E-state index >= 15 is 0 Å². The molecular formula is C29H37IN2O4S. The number of carbonyl (C=O) groups excluding carboxylic acids is 2. The maximum Gasteiger partial charge on any atom is 0.239 e. The van der Waals surface area contributed by atoms with Crippen LogP contribution in [-0.4, -0.2) is 52.9 Å². The van der Waals surface area contributed by atoms with Crippen LogP contribution in [-0.2, 0) is 20.9 Å². The normalized spacial score (nSPS) is 22.4. The quantitative estimate of drug-likeness (QED) is 0.271. The van der Waals surface area contributed by atoms with Gasteiger partial charge in [0.2, 0.25) is 11.8 Å². The number of aliphatic hydroxyl groups excluding tert-OH is 1. The zero-order chi connectivity index (χ0) is 26.4. The Morgan fingerprint density at radius 1 is 1.19 bits per heavy atom. The van der Waals surface area contributed by atoms with E-state index in [9.17, 15) is 14.7 Å². The number of thioether (sulfide) groups is 1. The van der Waals surface area contributed by atoms with Crippen molar-refractivity contribution in [3.63, 3.8) is 0 Å². The molecule has 1 aliphatic carbocycles. The summed E-state index contributed by atoms with van der Waals surface area (Å²) in [5, 5.41) is 12.9. The molecule has 2 aromatic rings. The van der Waals surface area contributed by atoms with Crippen molar-refractivity contribution < 1.29 is 19.4 Å². The van der Waals surface area contributed by atoms with Crippen molar-refractivity contribution >= 4 is 46.2 Å². The summed E-state index contributed by atoms with van der Waals surface area (Å²) in [6, 6.07) is 13.8. The van der Waals surface area contributed by atoms with Gasteiger partial charge in [-0.3, -0.25) is 9.59 Å². The Bertz CT molecular complexity index is 1090. The molecule has 8 heteroatoms. The predicted molar refractivity (Wildman–Crippen MR) is 155 cm³/mol. The van der Waals surface area contributed by atoms with Crippen molar-refractivity contribution in [2.75, 3.05) is 20.3 Å². The standard InChI is InChI=1S/C29H37IN2O4S/c1-20-9-12-23(13-10-20)37-29(28(35)31-15-6-16-36-2)18-26(34)32(22-7-4-3-5-8-22)27(29)24-14-11-21(19-33)17-25(24)30/h9-14,17,22,27,33H,3-8,15-16,18-19H2,1-2H3,(H,31,35)/t27-,29-/m1/s1. The van der Waals surface area contributed by atoms with Gasteiger partial charge >= 0.3 is 0 Å². The number of nitrogens with one attached hydrogen (secondary N) is 1. The van der Waals surface area contributed by atoms with Crippen molar-refractivity contribution in [2.45, 2.75) is 80.2 Å². The van der Waals surface area contributed by atoms with Crippen molar-refractivity contribution in [2.24, 2.45) is 0 Å². The lowest BCUT2D eigenvalue weighted by atomic mass is 9.88. The molecule has 200 valence electrons. The molecule has 1 heterocycles. The molecule has 2 aliphatic rings. The summed E-state index contributed by atoms with van der Waals surface area (Å²) in [5.74, 6) is -0.0570. The summed E-state index contributed by atoms with van der Waals surface area (Å²) in [6.07, 6.45) is 6.19. The fourth-order valence-electron chi connectivity index (χ4n) is 5.57. The Morgan fingerprint density at radius 3 is 2.57 bits per heavy atom. The molecule has 0 spiro atoms. The lowest BCUT2D eigenvalue weighted by molar-refractivity contribution is -0.132. The van der Waals surface area contributed by atoms with Gasteiger partial charge in [-0.25, -0.2) is 0 Å². The Morgan fingerprint density at radius 2 is 1.92 bits per heavy atom. The van der Waals surface area contributed by atoms with Gasteiger partial charge < -0.3 is 20.1 Å². The van der Waals surface area contributed by atoms with Gasteiger partial charge in [-0.05, 0) is 78.1 Å². The topological polar surface area (TPSA) is 78.9 Å². The summed E-state index contributed by atoms with van der Waals surface area (Å²) in [7, 11) is 1.66. The molecule has 0 radical (unpaired) electrons. The number of amides is 2. The Balaban J connectivity index is 1.82. The van der Waals surface area contributed by atoms with Gasteiger partial charge in [-0.15, -0.1) is 11.8 Å². The number of rotatable bonds is 10. The first kappa shape index (κ1) is 28.4. The van der Waals surface area contributed by atoms with E-state index in [2.05, 4.69) is 40.0 Å². The number of benzene rings is 2. The van der Waals surface area contributed by atoms with Crippen LogP contribution in [0.15, 0.2) is 47.4 Å². The van der Waals surface area contributed by atoms with E-state index in [0.717, 1.165) is 50.8 Å². The van der Waals surface area contributed by atoms with Crippen LogP contribution in [0.3, 0.4) is 0 Å². The van der Waals surface area contributed by atoms with Crippen molar-refractivity contribution in [3.05, 3.63) is 62.7 Å². The van der Waals surface area contributed by atoms with Crippen LogP contribution in [0.4, 0.5) is 0 Å². The van der Waals surface area contributed by atoms with E-state index in [1.54, 1.807) is 7.11 Å². The minimum absolute atomic E-state index is 0.0462. The molecule has 2 fully saturated rings. The number of ether oxygens (including phenoxy) is 1. The molecule has 2 atom stereocenters. The highest BCUT2D eigenvalue weighted by Crippen LogP contribution is 2.55. The number of halogens is 1. The van der Waals surface area contributed by atoms with E-state index in [4.69, 9.17) is 4.74 Å². The maximum absolute atomic E-state index is 14.2. The molecule has 0 bridgehead atoms. The van der Waals surface area contributed by atoms with Gasteiger partial charge in [-0.1, -0.05) is 49.1 Å². The maximum atomic E-state index is 14.2. The summed E-state index contributed by atoms with van der Waals surface area (Å²) < 4.78 is 5.13. The first-order chi connectivity index (χ1) is 17.9. The third-order valence-corrected chi connectivity index (χ3v) is 9.81. The van der Waals surface area contributed by atoms with Gasteiger partial charge in [0.1, 0.15) is 4.75 Å². The van der Waals surface area contributed by atoms with E-state index in [-0.39, 0.29) is 30.9 Å². The SMILES string of the molecule is COCCCNC(=O)[C@@]1(Sc2ccc(C)cc2)CC(=O)N(C2CCCCC2)[C@@H]1c1ccc(CO)cc1I. The average Bonchev–Trinajstić information content (AvgIpc) is 3.20. The molecule has 2 amide bonds. The number of aryl methyl sites for hydroxylation is 1. The van der Waals surface area contributed by atoms with Gasteiger partial charge in [0, 0.05) is 34.8 Å². The summed E-state index contributed by atoms with van der Waals surface area (Å²) >= 11 is 3.81. The Kier molecular flexibility index (Phi) is 9.94. The predicted octanol–water partition coefficient (Wildman–Crippen LogP) is 5.38. The van der Waals surface area contributed by atoms with Crippen LogP contribution in [0.25, 0.3) is 0 Å². The lowest BCUT2D eigenvalue weighted by Crippen LogP contribution is -2.50. The summed E-state index contributed by atoms with van der Waals surface area (Å²) in [5.41, 5.74) is 2.95. The van der Waals surface area contributed by atoms with Crippen LogP contribution in [0.5, 0.6) is 0 Å². The second-order valence-corrected chi connectivity index (χ2v) is 12.7. The van der Waals surface area contributed by atoms with Crippen molar-refractivity contribution in [1.82, 2.24) is 10.2 Å². The smallest absolute Gasteiger partial charge is 0.239 e. The molecule has 2 aromatic carbocycles. The van der Waals surface area contributed by atoms with Crippen molar-refractivity contribution in [1.29, 1.82) is 0 Å². The first-order valence-electron chi connectivity index (χ1n) is 13.1. The van der Waals surface area contributed by atoms with E-state index in [1.165, 1.54) is 18.2 Å². The van der Waals surface area contributed by atoms with Crippen LogP contribution in [0.2, 0.25) is 0 Å². The number of methoxy groups -OCH3 is 1. The molecule has 0 unspecified atom stereocenters. The van der Waals surface area contributed by atoms with Crippen LogP contribution in [0, 0.1) is 10.5 Å². The second kappa shape index (κ2) is 13.0. The fourth-order valence-corrected chi connectivity index (χ4v) is 7.85. The van der Waals surface area contributed by atoms with Gasteiger partial charge in [-0.2, -0.15) is 0 Å². The third-order valence-electron chi connectivity index (χ3n) is 7.45. The largest absolute Gasteiger partial charge is 0.392 e. The number of likely N-dealkylation sites (tertiary alicyclic amines) is 1. The summed E-state index contributed by atoms with van der Waals surface area (Å²) in [4.78, 5) is 31.1. The van der Waals surface area contributed by atoms with Gasteiger partial charge in [0.05, 0.1) is 19.1 Å². The highest BCUT2D eigenvalue weighted by Gasteiger charge is 2.59. The lowest BCUT2D eigenvalue weighted by Gasteiger charge is -2.41. The molecular weight excluding hydrogens is 599 g/mol. The number of aliphatic hydroxyl groups is 1. The second-order valence-electron chi connectivity index (χ2n) is 10.1. The molecule has 2 N–H and O–H groups in total. The number of carbonyl (C=O) groups is 2. The third kappa shape index (κ3) is 6.34. The minimum Gasteiger partial charge on any atom is -0.392 e. The average molecular weight is 637 g/mol. The number of hydrogen-bond donors (Lipinski definition) is 2. The molecule has 37 heavy (non-hydrogen) atoms. The zero-order valence-electron chi connectivity index (χ0n) is 21.7. The number of hydrogen-bond acceptors (Lipinski definition) is 5.